The van der Waals surface area contributed by atoms with Crippen LogP contribution in [0.15, 0.2) is 79.0 Å². The van der Waals surface area contributed by atoms with Crippen molar-refractivity contribution in [3.63, 3.8) is 0 Å². The van der Waals surface area contributed by atoms with Gasteiger partial charge in [-0.05, 0) is 60.9 Å². The summed E-state index contributed by atoms with van der Waals surface area (Å²) < 4.78 is 48.5. The van der Waals surface area contributed by atoms with Crippen LogP contribution < -0.4 is 9.46 Å². The first-order chi connectivity index (χ1) is 15.5. The van der Waals surface area contributed by atoms with Gasteiger partial charge in [-0.15, -0.1) is 0 Å². The van der Waals surface area contributed by atoms with Gasteiger partial charge in [0.25, 0.3) is 0 Å². The zero-order valence-electron chi connectivity index (χ0n) is 17.2. The molecule has 6 nitrogen and oxygen atoms in total. The lowest BCUT2D eigenvalue weighted by Gasteiger charge is -2.20. The zero-order valence-corrected chi connectivity index (χ0v) is 18.0. The first-order valence-corrected chi connectivity index (χ1v) is 12.0. The second-order valence-electron chi connectivity index (χ2n) is 7.86. The molecule has 1 atom stereocenters. The maximum absolute atomic E-state index is 13.3. The van der Waals surface area contributed by atoms with Gasteiger partial charge in [-0.1, -0.05) is 30.3 Å². The monoisotopic (exact) mass is 451 g/mol. The van der Waals surface area contributed by atoms with Crippen LogP contribution in [-0.2, 0) is 10.0 Å². The fourth-order valence-corrected chi connectivity index (χ4v) is 5.00. The summed E-state index contributed by atoms with van der Waals surface area (Å²) in [5.41, 5.74) is 2.49. The van der Waals surface area contributed by atoms with E-state index in [0.717, 1.165) is 22.2 Å². The van der Waals surface area contributed by atoms with Gasteiger partial charge in [-0.3, -0.25) is 0 Å². The van der Waals surface area contributed by atoms with Gasteiger partial charge < -0.3 is 4.74 Å². The number of aromatic nitrogens is 2. The summed E-state index contributed by atoms with van der Waals surface area (Å²) in [4.78, 5) is 0. The molecule has 0 radical (unpaired) electrons. The van der Waals surface area contributed by atoms with Crippen molar-refractivity contribution in [2.45, 2.75) is 24.2 Å². The molecule has 1 unspecified atom stereocenters. The third-order valence-corrected chi connectivity index (χ3v) is 7.41. The SMILES string of the molecule is O=S(=O)(NCC(Oc1ccc2c(cnn2-c2ccc(F)cc2)c1)c1ccccc1)C1CC1. The number of hydrogen-bond donors (Lipinski definition) is 1. The Bertz CT molecular complexity index is 1330. The lowest BCUT2D eigenvalue weighted by Crippen LogP contribution is -2.33. The lowest BCUT2D eigenvalue weighted by atomic mass is 10.1. The second kappa shape index (κ2) is 8.37. The zero-order chi connectivity index (χ0) is 22.1. The van der Waals surface area contributed by atoms with Gasteiger partial charge >= 0.3 is 0 Å². The molecule has 5 rings (SSSR count). The Morgan fingerprint density at radius 2 is 1.81 bits per heavy atom. The molecule has 8 heteroatoms. The second-order valence-corrected chi connectivity index (χ2v) is 9.91. The van der Waals surface area contributed by atoms with E-state index in [4.69, 9.17) is 4.74 Å². The van der Waals surface area contributed by atoms with E-state index >= 15 is 0 Å². The Kier molecular flexibility index (Phi) is 5.40. The summed E-state index contributed by atoms with van der Waals surface area (Å²) in [5.74, 6) is 0.306. The third kappa shape index (κ3) is 4.37. The number of hydrogen-bond acceptors (Lipinski definition) is 4. The average molecular weight is 452 g/mol. The summed E-state index contributed by atoms with van der Waals surface area (Å²) >= 11 is 0. The molecule has 1 aliphatic rings. The summed E-state index contributed by atoms with van der Waals surface area (Å²) in [6.07, 6.45) is 2.66. The number of fused-ring (bicyclic) bond motifs is 1. The van der Waals surface area contributed by atoms with Crippen LogP contribution in [0.1, 0.15) is 24.5 Å². The molecule has 1 saturated carbocycles. The molecule has 1 N–H and O–H groups in total. The van der Waals surface area contributed by atoms with E-state index in [1.54, 1.807) is 23.0 Å². The molecule has 0 aliphatic heterocycles. The molecule has 0 saturated heterocycles. The van der Waals surface area contributed by atoms with Crippen molar-refractivity contribution in [1.82, 2.24) is 14.5 Å². The minimum absolute atomic E-state index is 0.149. The van der Waals surface area contributed by atoms with Crippen molar-refractivity contribution in [3.05, 3.63) is 90.4 Å². The molecule has 0 amide bonds. The quantitative estimate of drug-likeness (QED) is 0.432. The van der Waals surface area contributed by atoms with E-state index in [0.29, 0.717) is 18.6 Å². The van der Waals surface area contributed by atoms with Crippen molar-refractivity contribution >= 4 is 20.9 Å². The fraction of sp³-hybridized carbons (Fsp3) is 0.208. The summed E-state index contributed by atoms with van der Waals surface area (Å²) in [6.45, 7) is 0.149. The largest absolute Gasteiger partial charge is 0.484 e. The van der Waals surface area contributed by atoms with Gasteiger partial charge in [0.1, 0.15) is 17.7 Å². The standard InChI is InChI=1S/C24H22FN3O3S/c25-19-6-8-20(9-7-19)28-23-13-10-21(14-18(23)15-26-28)31-24(17-4-2-1-3-5-17)16-27-32(29,30)22-11-12-22/h1-10,13-15,22,24,27H,11-12,16H2. The first-order valence-electron chi connectivity index (χ1n) is 10.4. The number of nitrogens with one attached hydrogen (secondary N) is 1. The summed E-state index contributed by atoms with van der Waals surface area (Å²) in [7, 11) is -3.32. The molecule has 1 heterocycles. The van der Waals surface area contributed by atoms with Crippen LogP contribution in [0.4, 0.5) is 4.39 Å². The molecule has 4 aromatic rings. The average Bonchev–Trinajstić information content (AvgIpc) is 3.59. The number of halogens is 1. The lowest BCUT2D eigenvalue weighted by molar-refractivity contribution is 0.209. The van der Waals surface area contributed by atoms with E-state index in [1.165, 1.54) is 12.1 Å². The fourth-order valence-electron chi connectivity index (χ4n) is 3.62. The highest BCUT2D eigenvalue weighted by Gasteiger charge is 2.36. The predicted octanol–water partition coefficient (Wildman–Crippen LogP) is 4.37. The Morgan fingerprint density at radius 3 is 2.53 bits per heavy atom. The first kappa shape index (κ1) is 20.7. The van der Waals surface area contributed by atoms with Gasteiger partial charge in [0, 0.05) is 5.39 Å². The summed E-state index contributed by atoms with van der Waals surface area (Å²) in [6, 6.07) is 21.3. The van der Waals surface area contributed by atoms with Crippen molar-refractivity contribution in [2.75, 3.05) is 6.54 Å². The minimum atomic E-state index is -3.32. The normalized spacial score (nSPS) is 15.0. The number of ether oxygens (including phenoxy) is 1. The van der Waals surface area contributed by atoms with Crippen molar-refractivity contribution < 1.29 is 17.5 Å². The smallest absolute Gasteiger partial charge is 0.214 e. The highest BCUT2D eigenvalue weighted by atomic mass is 32.2. The van der Waals surface area contributed by atoms with Crippen LogP contribution >= 0.6 is 0 Å². The Labute approximate surface area is 185 Å². The van der Waals surface area contributed by atoms with Gasteiger partial charge in [-0.25, -0.2) is 22.2 Å². The molecule has 0 bridgehead atoms. The van der Waals surface area contributed by atoms with Crippen LogP contribution in [0, 0.1) is 5.82 Å². The number of rotatable bonds is 8. The molecule has 32 heavy (non-hydrogen) atoms. The van der Waals surface area contributed by atoms with Crippen LogP contribution in [0.5, 0.6) is 5.75 Å². The third-order valence-electron chi connectivity index (χ3n) is 5.49. The Morgan fingerprint density at radius 1 is 1.06 bits per heavy atom. The van der Waals surface area contributed by atoms with E-state index in [1.807, 2.05) is 48.5 Å². The van der Waals surface area contributed by atoms with Gasteiger partial charge in [0.2, 0.25) is 10.0 Å². The molecule has 1 aliphatic carbocycles. The van der Waals surface area contributed by atoms with E-state index in [9.17, 15) is 12.8 Å². The van der Waals surface area contributed by atoms with Gasteiger partial charge in [-0.2, -0.15) is 5.10 Å². The molecule has 1 aromatic heterocycles. The topological polar surface area (TPSA) is 73.2 Å². The van der Waals surface area contributed by atoms with Gasteiger partial charge in [0.15, 0.2) is 0 Å². The Hall–Kier alpha value is -3.23. The number of nitrogens with zero attached hydrogens (tertiary/aromatic N) is 2. The van der Waals surface area contributed by atoms with Crippen LogP contribution in [0.25, 0.3) is 16.6 Å². The van der Waals surface area contributed by atoms with Crippen molar-refractivity contribution in [1.29, 1.82) is 0 Å². The Balaban J connectivity index is 1.40. The highest BCUT2D eigenvalue weighted by Crippen LogP contribution is 2.29. The van der Waals surface area contributed by atoms with Crippen LogP contribution in [0.2, 0.25) is 0 Å². The molecule has 0 spiro atoms. The number of benzene rings is 3. The molecule has 164 valence electrons. The van der Waals surface area contributed by atoms with E-state index in [-0.39, 0.29) is 17.6 Å². The molecular weight excluding hydrogens is 429 g/mol. The van der Waals surface area contributed by atoms with Crippen LogP contribution in [-0.4, -0.2) is 30.0 Å². The predicted molar refractivity (Wildman–Crippen MR) is 121 cm³/mol. The minimum Gasteiger partial charge on any atom is -0.484 e. The van der Waals surface area contributed by atoms with Crippen molar-refractivity contribution in [2.24, 2.45) is 0 Å². The highest BCUT2D eigenvalue weighted by molar-refractivity contribution is 7.90. The van der Waals surface area contributed by atoms with E-state index in [2.05, 4.69) is 9.82 Å². The molecular formula is C24H22FN3O3S. The maximum atomic E-state index is 13.3. The molecule has 3 aromatic carbocycles. The number of sulfonamides is 1. The summed E-state index contributed by atoms with van der Waals surface area (Å²) in [5, 5.41) is 4.99. The molecule has 1 fully saturated rings. The van der Waals surface area contributed by atoms with Crippen LogP contribution in [0.3, 0.4) is 0 Å². The van der Waals surface area contributed by atoms with E-state index < -0.39 is 16.1 Å². The van der Waals surface area contributed by atoms with Gasteiger partial charge in [0.05, 0.1) is 29.2 Å². The van der Waals surface area contributed by atoms with Crippen molar-refractivity contribution in [3.8, 4) is 11.4 Å². The maximum Gasteiger partial charge on any atom is 0.214 e.